The van der Waals surface area contributed by atoms with Gasteiger partial charge in [0.2, 0.25) is 5.43 Å². The molecule has 12 unspecified atom stereocenters. The van der Waals surface area contributed by atoms with Crippen LogP contribution in [0.3, 0.4) is 0 Å². The van der Waals surface area contributed by atoms with E-state index in [1.807, 2.05) is 19.9 Å². The van der Waals surface area contributed by atoms with Crippen molar-refractivity contribution >= 4 is 16.9 Å². The van der Waals surface area contributed by atoms with Gasteiger partial charge in [-0.2, -0.15) is 0 Å². The second-order valence-corrected chi connectivity index (χ2v) is 16.6. The maximum atomic E-state index is 14.4. The Kier molecular flexibility index (Phi) is 9.14. The number of phenols is 2. The van der Waals surface area contributed by atoms with Crippen molar-refractivity contribution in [2.24, 2.45) is 0 Å². The van der Waals surface area contributed by atoms with E-state index in [1.54, 1.807) is 11.8 Å². The minimum Gasteiger partial charge on any atom is -0.506 e. The van der Waals surface area contributed by atoms with Crippen molar-refractivity contribution in [1.29, 1.82) is 0 Å². The predicted molar refractivity (Wildman–Crippen MR) is 197 cm³/mol. The normalized spacial score (nSPS) is 36.4. The highest BCUT2D eigenvalue weighted by Gasteiger charge is 2.50. The standard InChI is InChI=1S/C41H47NO16/c1-15-20(56-25-12-22(50-4)32(44)16(2)55-25)5-6-24(54-15)57-23-11-19(43)28-35(47)31-36(48)30-26-17(9-18-13-41(3)42(7-8-53-41)40(49)27(18)34(26)46)10-21-29(30)38(52-14-51-21)39(31)58-37(28)33(23)45/h9,15-16,19-25,32-33,43-46,48H,5-8,10-14H2,1-4H3. The molecule has 17 nitrogen and oxygen atoms in total. The van der Waals surface area contributed by atoms with Crippen LogP contribution in [0.15, 0.2) is 15.3 Å². The lowest BCUT2D eigenvalue weighted by Gasteiger charge is -2.42. The minimum absolute atomic E-state index is 0.0679. The molecule has 10 rings (SSSR count). The molecule has 5 N–H and O–H groups in total. The predicted octanol–water partition coefficient (Wildman–Crippen LogP) is 2.86. The van der Waals surface area contributed by atoms with E-state index in [1.165, 1.54) is 7.11 Å². The lowest BCUT2D eigenvalue weighted by atomic mass is 9.77. The van der Waals surface area contributed by atoms with Gasteiger partial charge >= 0.3 is 0 Å². The number of benzene rings is 2. The minimum atomic E-state index is -1.51. The van der Waals surface area contributed by atoms with Crippen molar-refractivity contribution in [1.82, 2.24) is 4.90 Å². The van der Waals surface area contributed by atoms with Crippen LogP contribution in [-0.2, 0) is 46.0 Å². The number of phenolic OH excluding ortho intramolecular Hbond substituents is 2. The molecule has 1 aromatic heterocycles. The quantitative estimate of drug-likeness (QED) is 0.250. The second-order valence-electron chi connectivity index (χ2n) is 16.6. The number of nitrogens with zero attached hydrogens (tertiary/aromatic N) is 1. The smallest absolute Gasteiger partial charge is 0.260 e. The summed E-state index contributed by atoms with van der Waals surface area (Å²) in [6, 6.07) is 1.83. The van der Waals surface area contributed by atoms with Crippen molar-refractivity contribution in [2.45, 2.75) is 133 Å². The van der Waals surface area contributed by atoms with Crippen molar-refractivity contribution in [3.05, 3.63) is 49.9 Å². The third-order valence-electron chi connectivity index (χ3n) is 13.2. The Labute approximate surface area is 331 Å². The molecule has 1 amide bonds. The summed E-state index contributed by atoms with van der Waals surface area (Å²) in [7, 11) is 1.53. The van der Waals surface area contributed by atoms with Crippen LogP contribution in [0.1, 0.15) is 103 Å². The van der Waals surface area contributed by atoms with Crippen LogP contribution in [0.25, 0.3) is 22.1 Å². The van der Waals surface area contributed by atoms with Gasteiger partial charge in [-0.05, 0) is 38.3 Å². The van der Waals surface area contributed by atoms with Crippen LogP contribution in [-0.4, -0.2) is 118 Å². The van der Waals surface area contributed by atoms with E-state index >= 15 is 0 Å². The van der Waals surface area contributed by atoms with E-state index in [0.717, 1.165) is 0 Å². The number of fused-ring (bicyclic) bond motifs is 7. The molecule has 58 heavy (non-hydrogen) atoms. The first-order valence-electron chi connectivity index (χ1n) is 19.9. The van der Waals surface area contributed by atoms with Crippen LogP contribution in [0.4, 0.5) is 0 Å². The number of ether oxygens (including phenoxy) is 8. The first-order valence-corrected chi connectivity index (χ1v) is 19.9. The Morgan fingerprint density at radius 2 is 1.66 bits per heavy atom. The summed E-state index contributed by atoms with van der Waals surface area (Å²) < 4.78 is 54.1. The number of methoxy groups -OCH3 is 1. The highest BCUT2D eigenvalue weighted by molar-refractivity contribution is 6.06. The molecular weight excluding hydrogens is 762 g/mol. The van der Waals surface area contributed by atoms with Crippen molar-refractivity contribution in [3.8, 4) is 28.4 Å². The van der Waals surface area contributed by atoms with Gasteiger partial charge in [0.1, 0.15) is 40.6 Å². The molecule has 3 saturated heterocycles. The zero-order valence-corrected chi connectivity index (χ0v) is 32.5. The molecule has 2 aromatic carbocycles. The Balaban J connectivity index is 0.960. The van der Waals surface area contributed by atoms with Crippen LogP contribution in [0.5, 0.6) is 17.2 Å². The molecule has 2 aliphatic carbocycles. The monoisotopic (exact) mass is 809 g/mol. The molecule has 0 radical (unpaired) electrons. The fraction of sp³-hybridized carbons (Fsp3) is 0.610. The van der Waals surface area contributed by atoms with Crippen LogP contribution < -0.4 is 10.2 Å². The summed E-state index contributed by atoms with van der Waals surface area (Å²) in [5, 5.41) is 57.2. The Morgan fingerprint density at radius 1 is 0.879 bits per heavy atom. The number of hydrogen-bond donors (Lipinski definition) is 5. The average Bonchev–Trinajstić information content (AvgIpc) is 3.58. The summed E-state index contributed by atoms with van der Waals surface area (Å²) in [5.41, 5.74) is -0.175. The lowest BCUT2D eigenvalue weighted by Crippen LogP contribution is -2.51. The number of aliphatic hydroxyl groups is 3. The number of carbonyl (C=O) groups excluding carboxylic acids is 1. The van der Waals surface area contributed by atoms with E-state index in [4.69, 9.17) is 42.3 Å². The Morgan fingerprint density at radius 3 is 2.43 bits per heavy atom. The van der Waals surface area contributed by atoms with Gasteiger partial charge in [-0.15, -0.1) is 0 Å². The number of aliphatic hydroxyl groups excluding tert-OH is 3. The number of amides is 1. The summed E-state index contributed by atoms with van der Waals surface area (Å²) in [4.78, 5) is 29.8. The zero-order chi connectivity index (χ0) is 40.5. The first-order chi connectivity index (χ1) is 27.8. The van der Waals surface area contributed by atoms with Crippen molar-refractivity contribution in [2.75, 3.05) is 27.1 Å². The van der Waals surface area contributed by atoms with Gasteiger partial charge < -0.3 is 72.7 Å². The van der Waals surface area contributed by atoms with Gasteiger partial charge in [0.25, 0.3) is 5.91 Å². The van der Waals surface area contributed by atoms with Gasteiger partial charge in [0.15, 0.2) is 30.7 Å². The van der Waals surface area contributed by atoms with Gasteiger partial charge in [-0.1, -0.05) is 6.07 Å². The fourth-order valence-corrected chi connectivity index (χ4v) is 10.2. The van der Waals surface area contributed by atoms with Crippen LogP contribution in [0, 0.1) is 0 Å². The SMILES string of the molecule is COC1CC(OC2CCC(OC3CC(O)c4c(oc5c6c7c(c(O)c5c4=O)-c4c(cc5c(c4O)C(=O)N4CCOC4(C)C5)CC7OCO6)C3O)OC2C)OC(C)C1O. The first kappa shape index (κ1) is 38.3. The van der Waals surface area contributed by atoms with Gasteiger partial charge in [-0.3, -0.25) is 9.59 Å². The molecule has 0 bridgehead atoms. The van der Waals surface area contributed by atoms with Gasteiger partial charge in [0.05, 0.1) is 60.5 Å². The van der Waals surface area contributed by atoms with Crippen LogP contribution >= 0.6 is 0 Å². The highest BCUT2D eigenvalue weighted by atomic mass is 16.7. The largest absolute Gasteiger partial charge is 0.506 e. The molecular formula is C41H47NO16. The van der Waals surface area contributed by atoms with E-state index in [9.17, 15) is 35.1 Å². The number of hydrogen-bond acceptors (Lipinski definition) is 16. The molecule has 3 aromatic rings. The molecule has 0 spiro atoms. The number of carbonyl (C=O) groups is 1. The fourth-order valence-electron chi connectivity index (χ4n) is 10.2. The average molecular weight is 810 g/mol. The third-order valence-corrected chi connectivity index (χ3v) is 13.2. The lowest BCUT2D eigenvalue weighted by molar-refractivity contribution is -0.303. The van der Waals surface area contributed by atoms with E-state index in [0.29, 0.717) is 55.5 Å². The molecule has 312 valence electrons. The van der Waals surface area contributed by atoms with Crippen molar-refractivity contribution in [3.63, 3.8) is 0 Å². The summed E-state index contributed by atoms with van der Waals surface area (Å²) in [6.45, 7) is 5.93. The van der Waals surface area contributed by atoms with E-state index in [-0.39, 0.29) is 76.2 Å². The molecule has 6 heterocycles. The Bertz CT molecular complexity index is 2260. The molecule has 17 heteroatoms. The number of aromatic hydroxyl groups is 2. The topological polar surface area (TPSA) is 226 Å². The molecule has 12 atom stereocenters. The van der Waals surface area contributed by atoms with Gasteiger partial charge in [-0.25, -0.2) is 0 Å². The Hall–Kier alpha value is -3.88. The summed E-state index contributed by atoms with van der Waals surface area (Å²) in [5.74, 6) is -1.43. The van der Waals surface area contributed by atoms with Gasteiger partial charge in [0, 0.05) is 62.4 Å². The van der Waals surface area contributed by atoms with Crippen LogP contribution in [0.2, 0.25) is 0 Å². The summed E-state index contributed by atoms with van der Waals surface area (Å²) in [6.07, 6.45) is -6.87. The highest BCUT2D eigenvalue weighted by Crippen LogP contribution is 2.58. The molecule has 5 aliphatic heterocycles. The number of rotatable bonds is 5. The third kappa shape index (κ3) is 5.66. The van der Waals surface area contributed by atoms with Crippen molar-refractivity contribution < 1.29 is 72.6 Å². The summed E-state index contributed by atoms with van der Waals surface area (Å²) >= 11 is 0. The van der Waals surface area contributed by atoms with E-state index < -0.39 is 84.2 Å². The molecule has 7 aliphatic rings. The maximum Gasteiger partial charge on any atom is 0.260 e. The van der Waals surface area contributed by atoms with E-state index in [2.05, 4.69) is 0 Å². The zero-order valence-electron chi connectivity index (χ0n) is 32.5. The molecule has 3 fully saturated rings. The maximum absolute atomic E-state index is 14.4. The molecule has 0 saturated carbocycles. The second kappa shape index (κ2) is 13.8.